The second-order valence-electron chi connectivity index (χ2n) is 2.49. The van der Waals surface area contributed by atoms with Gasteiger partial charge in [0.15, 0.2) is 0 Å². The molecule has 0 unspecified atom stereocenters. The lowest BCUT2D eigenvalue weighted by Gasteiger charge is -2.03. The molecule has 0 bridgehead atoms. The number of hydrogen-bond acceptors (Lipinski definition) is 2. The SMILES string of the molecule is N#C[C@H](CC=O)c1ccccc1. The average Bonchev–Trinajstić information content (AvgIpc) is 2.15. The number of rotatable bonds is 3. The molecule has 12 heavy (non-hydrogen) atoms. The average molecular weight is 159 g/mol. The third-order valence-electron chi connectivity index (χ3n) is 1.69. The van der Waals surface area contributed by atoms with Gasteiger partial charge in [-0.25, -0.2) is 0 Å². The van der Waals surface area contributed by atoms with E-state index in [0.29, 0.717) is 0 Å². The maximum absolute atomic E-state index is 10.2. The van der Waals surface area contributed by atoms with E-state index in [0.717, 1.165) is 11.8 Å². The zero-order valence-electron chi connectivity index (χ0n) is 6.60. The van der Waals surface area contributed by atoms with Crippen LogP contribution >= 0.6 is 0 Å². The largest absolute Gasteiger partial charge is 0.303 e. The lowest BCUT2D eigenvalue weighted by molar-refractivity contribution is -0.107. The van der Waals surface area contributed by atoms with Crippen LogP contribution in [0.5, 0.6) is 0 Å². The molecule has 2 nitrogen and oxygen atoms in total. The molecule has 0 radical (unpaired) electrons. The Bertz CT molecular complexity index is 286. The van der Waals surface area contributed by atoms with Crippen molar-refractivity contribution in [2.24, 2.45) is 0 Å². The van der Waals surface area contributed by atoms with Gasteiger partial charge < -0.3 is 4.79 Å². The van der Waals surface area contributed by atoms with Crippen molar-refractivity contribution in [1.29, 1.82) is 5.26 Å². The zero-order valence-corrected chi connectivity index (χ0v) is 6.60. The molecule has 1 aromatic carbocycles. The molecule has 0 heterocycles. The van der Waals surface area contributed by atoms with Gasteiger partial charge in [-0.05, 0) is 5.56 Å². The van der Waals surface area contributed by atoms with Crippen LogP contribution in [-0.2, 0) is 4.79 Å². The van der Waals surface area contributed by atoms with Gasteiger partial charge in [0.2, 0.25) is 0 Å². The predicted octanol–water partition coefficient (Wildman–Crippen LogP) is 1.88. The van der Waals surface area contributed by atoms with Crippen LogP contribution in [0.3, 0.4) is 0 Å². The molecule has 1 aromatic rings. The minimum atomic E-state index is -0.288. The summed E-state index contributed by atoms with van der Waals surface area (Å²) in [7, 11) is 0. The Morgan fingerprint density at radius 3 is 2.58 bits per heavy atom. The van der Waals surface area contributed by atoms with Gasteiger partial charge >= 0.3 is 0 Å². The fourth-order valence-corrected chi connectivity index (χ4v) is 1.04. The molecule has 0 spiro atoms. The molecule has 0 saturated heterocycles. The Morgan fingerprint density at radius 1 is 1.42 bits per heavy atom. The van der Waals surface area contributed by atoms with Gasteiger partial charge in [0, 0.05) is 6.42 Å². The number of carbonyl (C=O) groups is 1. The van der Waals surface area contributed by atoms with E-state index in [4.69, 9.17) is 5.26 Å². The first-order chi connectivity index (χ1) is 5.88. The maximum Gasteiger partial charge on any atom is 0.121 e. The molecule has 0 aromatic heterocycles. The molecule has 60 valence electrons. The van der Waals surface area contributed by atoms with Crippen molar-refractivity contribution >= 4 is 6.29 Å². The highest BCUT2D eigenvalue weighted by Crippen LogP contribution is 2.16. The minimum Gasteiger partial charge on any atom is -0.303 e. The molecule has 0 saturated carbocycles. The van der Waals surface area contributed by atoms with Crippen LogP contribution in [0.25, 0.3) is 0 Å². The first-order valence-electron chi connectivity index (χ1n) is 3.76. The molecular weight excluding hydrogens is 150 g/mol. The fraction of sp³-hybridized carbons (Fsp3) is 0.200. The van der Waals surface area contributed by atoms with E-state index < -0.39 is 0 Å². The normalized spacial score (nSPS) is 11.6. The van der Waals surface area contributed by atoms with E-state index in [1.54, 1.807) is 0 Å². The van der Waals surface area contributed by atoms with Gasteiger partial charge in [-0.2, -0.15) is 5.26 Å². The third-order valence-corrected chi connectivity index (χ3v) is 1.69. The second-order valence-corrected chi connectivity index (χ2v) is 2.49. The Morgan fingerprint density at radius 2 is 2.08 bits per heavy atom. The molecule has 0 aliphatic heterocycles. The summed E-state index contributed by atoms with van der Waals surface area (Å²) in [6, 6.07) is 11.4. The fourth-order valence-electron chi connectivity index (χ4n) is 1.04. The van der Waals surface area contributed by atoms with Crippen LogP contribution in [0.4, 0.5) is 0 Å². The summed E-state index contributed by atoms with van der Waals surface area (Å²) >= 11 is 0. The Labute approximate surface area is 71.4 Å². The molecule has 0 fully saturated rings. The highest BCUT2D eigenvalue weighted by molar-refractivity contribution is 5.53. The van der Waals surface area contributed by atoms with Crippen molar-refractivity contribution in [2.75, 3.05) is 0 Å². The number of carbonyl (C=O) groups excluding carboxylic acids is 1. The van der Waals surface area contributed by atoms with Crippen LogP contribution in [0.1, 0.15) is 17.9 Å². The zero-order chi connectivity index (χ0) is 8.81. The van der Waals surface area contributed by atoms with Crippen LogP contribution in [0.2, 0.25) is 0 Å². The highest BCUT2D eigenvalue weighted by atomic mass is 16.1. The molecule has 0 N–H and O–H groups in total. The van der Waals surface area contributed by atoms with Crippen molar-refractivity contribution in [3.63, 3.8) is 0 Å². The van der Waals surface area contributed by atoms with Crippen molar-refractivity contribution in [3.8, 4) is 6.07 Å². The van der Waals surface area contributed by atoms with Crippen LogP contribution in [0, 0.1) is 11.3 Å². The Kier molecular flexibility index (Phi) is 3.04. The third kappa shape index (κ3) is 1.93. The smallest absolute Gasteiger partial charge is 0.121 e. The van der Waals surface area contributed by atoms with Gasteiger partial charge in [-0.1, -0.05) is 30.3 Å². The van der Waals surface area contributed by atoms with E-state index in [2.05, 4.69) is 6.07 Å². The van der Waals surface area contributed by atoms with E-state index >= 15 is 0 Å². The second kappa shape index (κ2) is 4.30. The number of hydrogen-bond donors (Lipinski definition) is 0. The standard InChI is InChI=1S/C10H9NO/c11-8-10(6-7-12)9-4-2-1-3-5-9/h1-5,7,10H,6H2/t10-/m0/s1. The van der Waals surface area contributed by atoms with Crippen molar-refractivity contribution in [1.82, 2.24) is 0 Å². The van der Waals surface area contributed by atoms with Crippen molar-refractivity contribution in [3.05, 3.63) is 35.9 Å². The first kappa shape index (κ1) is 8.48. The summed E-state index contributed by atoms with van der Waals surface area (Å²) in [4.78, 5) is 10.2. The summed E-state index contributed by atoms with van der Waals surface area (Å²) in [6.07, 6.45) is 1.06. The van der Waals surface area contributed by atoms with Gasteiger partial charge in [-0.15, -0.1) is 0 Å². The van der Waals surface area contributed by atoms with E-state index in [-0.39, 0.29) is 12.3 Å². The molecule has 0 amide bonds. The van der Waals surface area contributed by atoms with Crippen molar-refractivity contribution < 1.29 is 4.79 Å². The van der Waals surface area contributed by atoms with Gasteiger partial charge in [0.25, 0.3) is 0 Å². The predicted molar refractivity (Wildman–Crippen MR) is 45.5 cm³/mol. The summed E-state index contributed by atoms with van der Waals surface area (Å²) in [5.41, 5.74) is 0.909. The molecular formula is C10H9NO. The van der Waals surface area contributed by atoms with E-state index in [1.165, 1.54) is 0 Å². The topological polar surface area (TPSA) is 40.9 Å². The number of nitrogens with zero attached hydrogens (tertiary/aromatic N) is 1. The lowest BCUT2D eigenvalue weighted by Crippen LogP contribution is -1.95. The molecule has 1 atom stereocenters. The number of benzene rings is 1. The maximum atomic E-state index is 10.2. The van der Waals surface area contributed by atoms with Crippen molar-refractivity contribution in [2.45, 2.75) is 12.3 Å². The van der Waals surface area contributed by atoms with Crippen LogP contribution in [-0.4, -0.2) is 6.29 Å². The summed E-state index contributed by atoms with van der Waals surface area (Å²) in [5, 5.41) is 8.70. The summed E-state index contributed by atoms with van der Waals surface area (Å²) in [5.74, 6) is -0.288. The lowest BCUT2D eigenvalue weighted by atomic mass is 9.98. The summed E-state index contributed by atoms with van der Waals surface area (Å²) in [6.45, 7) is 0. The monoisotopic (exact) mass is 159 g/mol. The van der Waals surface area contributed by atoms with E-state index in [9.17, 15) is 4.79 Å². The van der Waals surface area contributed by atoms with Gasteiger partial charge in [0.1, 0.15) is 6.29 Å². The molecule has 0 aliphatic carbocycles. The molecule has 0 aliphatic rings. The highest BCUT2D eigenvalue weighted by Gasteiger charge is 2.07. The number of nitriles is 1. The molecule has 1 rings (SSSR count). The summed E-state index contributed by atoms with van der Waals surface area (Å²) < 4.78 is 0. The first-order valence-corrected chi connectivity index (χ1v) is 3.76. The molecule has 2 heteroatoms. The van der Waals surface area contributed by atoms with Crippen LogP contribution < -0.4 is 0 Å². The number of aldehydes is 1. The Hall–Kier alpha value is -1.62. The van der Waals surface area contributed by atoms with Gasteiger partial charge in [-0.3, -0.25) is 0 Å². The Balaban J connectivity index is 2.82. The van der Waals surface area contributed by atoms with Gasteiger partial charge in [0.05, 0.1) is 12.0 Å². The quantitative estimate of drug-likeness (QED) is 0.632. The van der Waals surface area contributed by atoms with E-state index in [1.807, 2.05) is 30.3 Å². The minimum absolute atomic E-state index is 0.278. The van der Waals surface area contributed by atoms with Crippen LogP contribution in [0.15, 0.2) is 30.3 Å².